The molecule has 8 unspecified atom stereocenters. The van der Waals surface area contributed by atoms with Crippen LogP contribution in [0.2, 0.25) is 5.31 Å². The molecule has 2 spiro atoms. The Morgan fingerprint density at radius 1 is 1.00 bits per heavy atom. The van der Waals surface area contributed by atoms with Gasteiger partial charge < -0.3 is 0 Å². The molecule has 0 aliphatic heterocycles. The molecule has 6 fully saturated rings. The molecule has 6 aliphatic rings. The highest BCUT2D eigenvalue weighted by atomic mass is 15.1. The van der Waals surface area contributed by atoms with Crippen LogP contribution in [0.4, 0.5) is 0 Å². The average molecular weight is 170 g/mol. The van der Waals surface area contributed by atoms with E-state index in [4.69, 9.17) is 0 Å². The van der Waals surface area contributed by atoms with Crippen LogP contribution in [0.15, 0.2) is 0 Å². The Balaban J connectivity index is 1.69. The lowest BCUT2D eigenvalue weighted by Crippen LogP contribution is -3.03. The van der Waals surface area contributed by atoms with Crippen LogP contribution in [0.3, 0.4) is 0 Å². The molecule has 0 aromatic carbocycles. The van der Waals surface area contributed by atoms with Crippen molar-refractivity contribution < 1.29 is 0 Å². The Bertz CT molecular complexity index is 391. The summed E-state index contributed by atoms with van der Waals surface area (Å²) in [6.07, 6.45) is 6.59. The monoisotopic (exact) mass is 170 g/mol. The zero-order chi connectivity index (χ0) is 8.22. The Hall–Kier alpha value is 0.0649. The van der Waals surface area contributed by atoms with Gasteiger partial charge in [0, 0.05) is 0 Å². The third-order valence-electron chi connectivity index (χ3n) is 8.28. The van der Waals surface area contributed by atoms with Crippen LogP contribution in [-0.4, -0.2) is 7.85 Å². The molecule has 6 saturated carbocycles. The molecule has 0 saturated heterocycles. The van der Waals surface area contributed by atoms with E-state index in [1.807, 2.05) is 0 Å². The van der Waals surface area contributed by atoms with Crippen LogP contribution >= 0.6 is 0 Å². The minimum absolute atomic E-state index is 0.897. The van der Waals surface area contributed by atoms with E-state index in [9.17, 15) is 0 Å². The third-order valence-corrected chi connectivity index (χ3v) is 8.28. The third kappa shape index (κ3) is 0.217. The Kier molecular flexibility index (Phi) is 0.482. The first-order valence-corrected chi connectivity index (χ1v) is 6.28. The smallest absolute Gasteiger partial charge is 0.0506 e. The number of rotatable bonds is 0. The molecule has 66 valence electrons. The zero-order valence-electron chi connectivity index (χ0n) is 8.22. The average Bonchev–Trinajstić information content (AvgIpc) is 2.05. The van der Waals surface area contributed by atoms with E-state index in [1.54, 1.807) is 25.7 Å². The molecule has 0 aromatic rings. The molecule has 6 aliphatic carbocycles. The van der Waals surface area contributed by atoms with Crippen molar-refractivity contribution in [1.29, 1.82) is 0 Å². The summed E-state index contributed by atoms with van der Waals surface area (Å²) in [4.78, 5) is 0. The van der Waals surface area contributed by atoms with Crippen LogP contribution in [0, 0.1) is 40.4 Å². The van der Waals surface area contributed by atoms with Gasteiger partial charge in [-0.05, 0) is 65.0 Å². The molecule has 0 amide bonds. The predicted molar refractivity (Wildman–Crippen MR) is 52.0 cm³/mol. The molecule has 8 atom stereocenters. The standard InChI is InChI=1S/C12H15B/c13-10-4-6-2-8-7-1-5-3-9(10)11(5,7)12(6,8)10/h5-9H,1-4,13H2. The van der Waals surface area contributed by atoms with Crippen molar-refractivity contribution in [3.63, 3.8) is 0 Å². The lowest BCUT2D eigenvalue weighted by atomic mass is 8.92. The van der Waals surface area contributed by atoms with Crippen LogP contribution in [-0.2, 0) is 0 Å². The maximum atomic E-state index is 2.65. The van der Waals surface area contributed by atoms with Gasteiger partial charge in [-0.2, -0.15) is 0 Å². The van der Waals surface area contributed by atoms with Gasteiger partial charge in [-0.25, -0.2) is 0 Å². The number of hydrogen-bond donors (Lipinski definition) is 0. The van der Waals surface area contributed by atoms with E-state index in [-0.39, 0.29) is 0 Å². The number of hydrogen-bond acceptors (Lipinski definition) is 0. The SMILES string of the molecule is BC12CC3CC4C5CC6CC1C65C342. The highest BCUT2D eigenvalue weighted by Gasteiger charge is 3.04. The second-order valence-electron chi connectivity index (χ2n) is 7.29. The Morgan fingerprint density at radius 3 is 2.54 bits per heavy atom. The van der Waals surface area contributed by atoms with Gasteiger partial charge >= 0.3 is 0 Å². The Morgan fingerprint density at radius 2 is 1.85 bits per heavy atom. The van der Waals surface area contributed by atoms with Gasteiger partial charge in [0.1, 0.15) is 7.85 Å². The van der Waals surface area contributed by atoms with E-state index >= 15 is 0 Å². The quantitative estimate of drug-likeness (QED) is 0.483. The normalized spacial score (nSPS) is 93.4. The fourth-order valence-corrected chi connectivity index (χ4v) is 8.62. The van der Waals surface area contributed by atoms with Crippen LogP contribution < -0.4 is 0 Å². The molecule has 0 radical (unpaired) electrons. The summed E-state index contributed by atoms with van der Waals surface area (Å²) in [5, 5.41) is 0.897. The minimum atomic E-state index is 0.897. The minimum Gasteiger partial charge on any atom is -0.0506 e. The lowest BCUT2D eigenvalue weighted by molar-refractivity contribution is -0.579. The van der Waals surface area contributed by atoms with Crippen molar-refractivity contribution in [3.8, 4) is 0 Å². The molecule has 0 aromatic heterocycles. The molecule has 0 nitrogen and oxygen atoms in total. The van der Waals surface area contributed by atoms with Crippen molar-refractivity contribution in [2.24, 2.45) is 40.4 Å². The molecule has 0 bridgehead atoms. The summed E-state index contributed by atoms with van der Waals surface area (Å²) in [5.74, 6) is 6.23. The summed E-state index contributed by atoms with van der Waals surface area (Å²) in [6.45, 7) is 0. The summed E-state index contributed by atoms with van der Waals surface area (Å²) in [6, 6.07) is 0. The van der Waals surface area contributed by atoms with Gasteiger partial charge in [0.25, 0.3) is 0 Å². The van der Waals surface area contributed by atoms with Crippen molar-refractivity contribution in [1.82, 2.24) is 0 Å². The molecule has 0 N–H and O–H groups in total. The largest absolute Gasteiger partial charge is 0.110 e. The Labute approximate surface area is 79.9 Å². The van der Waals surface area contributed by atoms with Gasteiger partial charge in [0.2, 0.25) is 0 Å². The molecule has 0 heterocycles. The second-order valence-corrected chi connectivity index (χ2v) is 7.29. The summed E-state index contributed by atoms with van der Waals surface area (Å²) >= 11 is 0. The van der Waals surface area contributed by atoms with Crippen molar-refractivity contribution in [2.45, 2.75) is 31.0 Å². The molecule has 6 rings (SSSR count). The fraction of sp³-hybridized carbons (Fsp3) is 1.00. The maximum Gasteiger partial charge on any atom is 0.110 e. The van der Waals surface area contributed by atoms with Crippen molar-refractivity contribution in [3.05, 3.63) is 0 Å². The van der Waals surface area contributed by atoms with Crippen LogP contribution in [0.1, 0.15) is 25.7 Å². The summed E-state index contributed by atoms with van der Waals surface area (Å²) in [5.41, 5.74) is 2.05. The zero-order valence-corrected chi connectivity index (χ0v) is 8.22. The summed E-state index contributed by atoms with van der Waals surface area (Å²) < 4.78 is 0. The molecular weight excluding hydrogens is 155 g/mol. The van der Waals surface area contributed by atoms with Gasteiger partial charge in [-0.3, -0.25) is 0 Å². The first-order chi connectivity index (χ1) is 6.28. The van der Waals surface area contributed by atoms with Crippen LogP contribution in [0.5, 0.6) is 0 Å². The lowest BCUT2D eigenvalue weighted by Gasteiger charge is -3.09. The molecule has 13 heavy (non-hydrogen) atoms. The molecular formula is C12H15B. The van der Waals surface area contributed by atoms with E-state index in [2.05, 4.69) is 7.85 Å². The number of fused-ring (bicyclic) bond motifs is 2. The first-order valence-electron chi connectivity index (χ1n) is 6.28. The van der Waals surface area contributed by atoms with Gasteiger partial charge in [0.05, 0.1) is 0 Å². The topological polar surface area (TPSA) is 0 Å². The predicted octanol–water partition coefficient (Wildman–Crippen LogP) is 1.47. The second kappa shape index (κ2) is 1.08. The highest BCUT2D eigenvalue weighted by molar-refractivity contribution is 6.19. The molecule has 1 heteroatoms. The van der Waals surface area contributed by atoms with E-state index in [0.717, 1.165) is 16.1 Å². The van der Waals surface area contributed by atoms with Crippen LogP contribution in [0.25, 0.3) is 0 Å². The highest BCUT2D eigenvalue weighted by Crippen LogP contribution is 3.11. The first kappa shape index (κ1) is 5.83. The van der Waals surface area contributed by atoms with Gasteiger partial charge in [0.15, 0.2) is 0 Å². The van der Waals surface area contributed by atoms with Gasteiger partial charge in [-0.15, -0.1) is 0 Å². The van der Waals surface area contributed by atoms with Gasteiger partial charge in [-0.1, -0.05) is 6.42 Å². The maximum absolute atomic E-state index is 2.65. The van der Waals surface area contributed by atoms with E-state index in [0.29, 0.717) is 0 Å². The van der Waals surface area contributed by atoms with E-state index < -0.39 is 0 Å². The fourth-order valence-electron chi connectivity index (χ4n) is 8.62. The van der Waals surface area contributed by atoms with Crippen molar-refractivity contribution >= 4 is 7.85 Å². The van der Waals surface area contributed by atoms with E-state index in [1.165, 1.54) is 29.6 Å². The summed E-state index contributed by atoms with van der Waals surface area (Å²) in [7, 11) is 2.65. The van der Waals surface area contributed by atoms with Crippen molar-refractivity contribution in [2.75, 3.05) is 0 Å².